The van der Waals surface area contributed by atoms with Crippen LogP contribution in [0.4, 0.5) is 4.79 Å². The summed E-state index contributed by atoms with van der Waals surface area (Å²) in [4.78, 5) is 52.1. The van der Waals surface area contributed by atoms with E-state index in [1.54, 1.807) is 12.4 Å². The van der Waals surface area contributed by atoms with E-state index in [0.29, 0.717) is 31.9 Å². The molecule has 2 aliphatic heterocycles. The first-order valence-electron chi connectivity index (χ1n) is 12.7. The minimum Gasteiger partial charge on any atom is -0.444 e. The molecule has 2 N–H and O–H groups in total. The van der Waals surface area contributed by atoms with Crippen LogP contribution >= 0.6 is 0 Å². The van der Waals surface area contributed by atoms with Crippen molar-refractivity contribution in [2.45, 2.75) is 58.7 Å². The Hall–Kier alpha value is -3.14. The molecule has 0 radical (unpaired) electrons. The van der Waals surface area contributed by atoms with Gasteiger partial charge in [0.2, 0.25) is 5.91 Å². The number of fused-ring (bicyclic) bond motifs is 2. The number of H-pyrrole nitrogens is 1. The molecule has 0 spiro atoms. The Morgan fingerprint density at radius 3 is 2.50 bits per heavy atom. The molecule has 2 fully saturated rings. The standard InChI is InChI=1S/C26H38N6O4/c1-17(2)21(29-25(35)36-26(3,4)5)13-23(33)31-10-8-30-9-11-32(16-19(30)15-31)24(34)22-12-18-14-27-7-6-20(18)28-22/h6-7,12,14,17,19,21,28H,8-11,13,15-16H2,1-5H3,(H,29,35). The molecule has 10 nitrogen and oxygen atoms in total. The molecule has 2 atom stereocenters. The second-order valence-corrected chi connectivity index (χ2v) is 11.1. The van der Waals surface area contributed by atoms with Gasteiger partial charge in [0.1, 0.15) is 11.3 Å². The molecule has 4 rings (SSSR count). The van der Waals surface area contributed by atoms with Crippen LogP contribution in [0.2, 0.25) is 0 Å². The average Bonchev–Trinajstić information content (AvgIpc) is 3.25. The maximum absolute atomic E-state index is 13.2. The second kappa shape index (κ2) is 10.5. The van der Waals surface area contributed by atoms with Gasteiger partial charge >= 0.3 is 6.09 Å². The summed E-state index contributed by atoms with van der Waals surface area (Å²) in [6.07, 6.45) is 3.16. The number of hydrogen-bond donors (Lipinski definition) is 2. The van der Waals surface area contributed by atoms with Gasteiger partial charge < -0.3 is 24.8 Å². The number of carbonyl (C=O) groups is 3. The third kappa shape index (κ3) is 6.16. The van der Waals surface area contributed by atoms with Crippen molar-refractivity contribution < 1.29 is 19.1 Å². The number of carbonyl (C=O) groups excluding carboxylic acids is 3. The van der Waals surface area contributed by atoms with Gasteiger partial charge in [-0.3, -0.25) is 19.5 Å². The van der Waals surface area contributed by atoms with Crippen LogP contribution in [0.1, 0.15) is 51.5 Å². The molecule has 2 aromatic rings. The number of nitrogens with one attached hydrogen (secondary N) is 2. The van der Waals surface area contributed by atoms with Crippen LogP contribution in [0.15, 0.2) is 24.5 Å². The summed E-state index contributed by atoms with van der Waals surface area (Å²) in [5, 5.41) is 3.78. The Morgan fingerprint density at radius 1 is 1.14 bits per heavy atom. The largest absolute Gasteiger partial charge is 0.444 e. The fourth-order valence-corrected chi connectivity index (χ4v) is 4.85. The quantitative estimate of drug-likeness (QED) is 0.655. The lowest BCUT2D eigenvalue weighted by atomic mass is 9.99. The van der Waals surface area contributed by atoms with Crippen molar-refractivity contribution in [2.24, 2.45) is 5.92 Å². The number of hydrogen-bond acceptors (Lipinski definition) is 6. The van der Waals surface area contributed by atoms with Crippen LogP contribution in [0.3, 0.4) is 0 Å². The van der Waals surface area contributed by atoms with Crippen LogP contribution in [0.25, 0.3) is 10.9 Å². The Balaban J connectivity index is 1.35. The zero-order valence-corrected chi connectivity index (χ0v) is 21.9. The molecule has 2 aliphatic rings. The van der Waals surface area contributed by atoms with E-state index < -0.39 is 11.7 Å². The van der Waals surface area contributed by atoms with Gasteiger partial charge in [0.15, 0.2) is 0 Å². The molecule has 3 amide bonds. The number of pyridine rings is 1. The lowest BCUT2D eigenvalue weighted by molar-refractivity contribution is -0.135. The molecule has 0 aromatic carbocycles. The second-order valence-electron chi connectivity index (χ2n) is 11.1. The van der Waals surface area contributed by atoms with Crippen molar-refractivity contribution in [3.8, 4) is 0 Å². The summed E-state index contributed by atoms with van der Waals surface area (Å²) in [5.41, 5.74) is 0.851. The third-order valence-electron chi connectivity index (χ3n) is 6.89. The molecule has 196 valence electrons. The first kappa shape index (κ1) is 25.9. The molecule has 4 heterocycles. The van der Waals surface area contributed by atoms with Crippen LogP contribution in [0.5, 0.6) is 0 Å². The van der Waals surface area contributed by atoms with Crippen LogP contribution in [0, 0.1) is 5.92 Å². The highest BCUT2D eigenvalue weighted by Crippen LogP contribution is 2.21. The van der Waals surface area contributed by atoms with Gasteiger partial charge in [0.25, 0.3) is 5.91 Å². The summed E-state index contributed by atoms with van der Waals surface area (Å²) in [6, 6.07) is 3.47. The molecule has 36 heavy (non-hydrogen) atoms. The first-order chi connectivity index (χ1) is 17.0. The number of aromatic nitrogens is 2. The smallest absolute Gasteiger partial charge is 0.407 e. The van der Waals surface area contributed by atoms with Crippen molar-refractivity contribution in [3.05, 3.63) is 30.2 Å². The summed E-state index contributed by atoms with van der Waals surface area (Å²) in [6.45, 7) is 13.4. The van der Waals surface area contributed by atoms with Gasteiger partial charge in [0.05, 0.1) is 0 Å². The molecule has 2 unspecified atom stereocenters. The molecule has 2 saturated heterocycles. The van der Waals surface area contributed by atoms with Gasteiger partial charge in [-0.2, -0.15) is 0 Å². The monoisotopic (exact) mass is 498 g/mol. The van der Waals surface area contributed by atoms with Crippen molar-refractivity contribution in [3.63, 3.8) is 0 Å². The lowest BCUT2D eigenvalue weighted by Crippen LogP contribution is -2.63. The van der Waals surface area contributed by atoms with E-state index in [9.17, 15) is 14.4 Å². The molecular formula is C26H38N6O4. The zero-order chi connectivity index (χ0) is 26.0. The number of amides is 3. The zero-order valence-electron chi connectivity index (χ0n) is 21.9. The minimum atomic E-state index is -0.597. The summed E-state index contributed by atoms with van der Waals surface area (Å²) < 4.78 is 5.38. The van der Waals surface area contributed by atoms with E-state index in [4.69, 9.17) is 4.74 Å². The SMILES string of the molecule is CC(C)C(CC(=O)N1CCN2CCN(C(=O)c3cc4cnccc4[nH]3)CC2C1)NC(=O)OC(C)(C)C. The highest BCUT2D eigenvalue weighted by Gasteiger charge is 2.36. The number of rotatable bonds is 5. The summed E-state index contributed by atoms with van der Waals surface area (Å²) in [7, 11) is 0. The third-order valence-corrected chi connectivity index (χ3v) is 6.89. The number of ether oxygens (including phenoxy) is 1. The maximum atomic E-state index is 13.2. The van der Waals surface area contributed by atoms with Gasteiger partial charge in [0, 0.05) is 81.1 Å². The van der Waals surface area contributed by atoms with Gasteiger partial charge in [-0.05, 0) is 38.8 Å². The first-order valence-corrected chi connectivity index (χ1v) is 12.7. The van der Waals surface area contributed by atoms with Crippen molar-refractivity contribution in [1.29, 1.82) is 0 Å². The van der Waals surface area contributed by atoms with Crippen LogP contribution < -0.4 is 5.32 Å². The highest BCUT2D eigenvalue weighted by atomic mass is 16.6. The number of piperazine rings is 2. The predicted octanol–water partition coefficient (Wildman–Crippen LogP) is 2.47. The topological polar surface area (TPSA) is 111 Å². The van der Waals surface area contributed by atoms with E-state index in [1.165, 1.54) is 0 Å². The van der Waals surface area contributed by atoms with Crippen LogP contribution in [-0.4, -0.2) is 99.5 Å². The Bertz CT molecular complexity index is 1070. The summed E-state index contributed by atoms with van der Waals surface area (Å²) in [5.74, 6) is 0.0590. The summed E-state index contributed by atoms with van der Waals surface area (Å²) >= 11 is 0. The van der Waals surface area contributed by atoms with Crippen molar-refractivity contribution in [2.75, 3.05) is 39.3 Å². The van der Waals surface area contributed by atoms with E-state index in [-0.39, 0.29) is 36.2 Å². The molecule has 10 heteroatoms. The lowest BCUT2D eigenvalue weighted by Gasteiger charge is -2.47. The van der Waals surface area contributed by atoms with Crippen LogP contribution in [-0.2, 0) is 9.53 Å². The molecular weight excluding hydrogens is 460 g/mol. The molecule has 0 saturated carbocycles. The fraction of sp³-hybridized carbons (Fsp3) is 0.615. The predicted molar refractivity (Wildman–Crippen MR) is 137 cm³/mol. The van der Waals surface area contributed by atoms with E-state index in [2.05, 4.69) is 20.2 Å². The van der Waals surface area contributed by atoms with Crippen molar-refractivity contribution in [1.82, 2.24) is 30.0 Å². The maximum Gasteiger partial charge on any atom is 0.407 e. The highest BCUT2D eigenvalue weighted by molar-refractivity contribution is 5.97. The molecule has 0 aliphatic carbocycles. The van der Waals surface area contributed by atoms with Crippen molar-refractivity contribution >= 4 is 28.8 Å². The average molecular weight is 499 g/mol. The molecule has 2 aromatic heterocycles. The van der Waals surface area contributed by atoms with E-state index in [0.717, 1.165) is 24.0 Å². The van der Waals surface area contributed by atoms with E-state index >= 15 is 0 Å². The van der Waals surface area contributed by atoms with Gasteiger partial charge in [-0.1, -0.05) is 13.8 Å². The Labute approximate surface area is 212 Å². The van der Waals surface area contributed by atoms with Gasteiger partial charge in [-0.15, -0.1) is 0 Å². The molecule has 0 bridgehead atoms. The number of alkyl carbamates (subject to hydrolysis) is 1. The van der Waals surface area contributed by atoms with E-state index in [1.807, 2.05) is 56.6 Å². The number of aromatic amines is 1. The van der Waals surface area contributed by atoms with Gasteiger partial charge in [-0.25, -0.2) is 4.79 Å². The Kier molecular flexibility index (Phi) is 7.54. The normalized spacial score (nSPS) is 19.8. The minimum absolute atomic E-state index is 0.0102. The fourth-order valence-electron chi connectivity index (χ4n) is 4.85. The number of nitrogens with zero attached hydrogens (tertiary/aromatic N) is 4. The Morgan fingerprint density at radius 2 is 1.83 bits per heavy atom.